The number of carboxylic acid groups (broad SMARTS) is 1. The number of hydrogen-bond donors (Lipinski definition) is 2. The normalized spacial score (nSPS) is 11.4. The molecular weight excluding hydrogens is 166 g/mol. The zero-order chi connectivity index (χ0) is 9.40. The molecule has 0 aliphatic rings. The highest BCUT2D eigenvalue weighted by molar-refractivity contribution is 5.86. The van der Waals surface area contributed by atoms with E-state index in [4.69, 9.17) is 5.11 Å². The third-order valence-corrected chi connectivity index (χ3v) is 1.56. The molecule has 0 aromatic heterocycles. The van der Waals surface area contributed by atoms with E-state index in [1.165, 1.54) is 0 Å². The van der Waals surface area contributed by atoms with Crippen LogP contribution in [0, 0.1) is 0 Å². The molecule has 0 saturated heterocycles. The second kappa shape index (κ2) is 9.00. The Morgan fingerprint density at radius 2 is 2.08 bits per heavy atom. The number of hydrogen-bond acceptors (Lipinski definition) is 2. The molecule has 3 heteroatoms. The van der Waals surface area contributed by atoms with Crippen LogP contribution in [0.5, 0.6) is 0 Å². The fourth-order valence-electron chi connectivity index (χ4n) is 0.841. The van der Waals surface area contributed by atoms with Crippen LogP contribution < -0.4 is 6.15 Å². The predicted octanol–water partition coefficient (Wildman–Crippen LogP) is 2.93. The summed E-state index contributed by atoms with van der Waals surface area (Å²) in [5.41, 5.74) is 0.495. The van der Waals surface area contributed by atoms with Gasteiger partial charge in [0, 0.05) is 5.57 Å². The number of allylic oxidation sites excluding steroid dienone is 3. The quantitative estimate of drug-likeness (QED) is 0.511. The number of carboxylic acids is 1. The number of carbonyl (C=O) groups is 1. The van der Waals surface area contributed by atoms with Crippen molar-refractivity contribution in [2.75, 3.05) is 0 Å². The first-order chi connectivity index (χ1) is 5.72. The maximum atomic E-state index is 10.6. The maximum absolute atomic E-state index is 10.6. The van der Waals surface area contributed by atoms with E-state index < -0.39 is 5.97 Å². The summed E-state index contributed by atoms with van der Waals surface area (Å²) in [5, 5.41) is 8.72. The van der Waals surface area contributed by atoms with E-state index in [1.54, 1.807) is 12.2 Å². The fourth-order valence-corrected chi connectivity index (χ4v) is 0.841. The molecule has 0 aliphatic heterocycles. The predicted molar refractivity (Wildman–Crippen MR) is 55.1 cm³/mol. The monoisotopic (exact) mass is 185 g/mol. The van der Waals surface area contributed by atoms with Crippen molar-refractivity contribution in [2.45, 2.75) is 33.1 Å². The third-order valence-electron chi connectivity index (χ3n) is 1.56. The lowest BCUT2D eigenvalue weighted by Crippen LogP contribution is -1.99. The first kappa shape index (κ1) is 14.4. The molecule has 13 heavy (non-hydrogen) atoms. The summed E-state index contributed by atoms with van der Waals surface area (Å²) >= 11 is 0. The van der Waals surface area contributed by atoms with Crippen LogP contribution in [0.15, 0.2) is 23.8 Å². The van der Waals surface area contributed by atoms with Crippen LogP contribution in [0.4, 0.5) is 0 Å². The van der Waals surface area contributed by atoms with Crippen molar-refractivity contribution in [3.63, 3.8) is 0 Å². The Kier molecular flexibility index (Phi) is 10.00. The van der Waals surface area contributed by atoms with E-state index in [-0.39, 0.29) is 6.15 Å². The third kappa shape index (κ3) is 7.28. The van der Waals surface area contributed by atoms with Crippen molar-refractivity contribution in [1.29, 1.82) is 0 Å². The second-order valence-corrected chi connectivity index (χ2v) is 2.63. The van der Waals surface area contributed by atoms with Gasteiger partial charge in [0.25, 0.3) is 0 Å². The van der Waals surface area contributed by atoms with Crippen molar-refractivity contribution in [3.8, 4) is 0 Å². The van der Waals surface area contributed by atoms with Crippen LogP contribution in [0.1, 0.15) is 33.1 Å². The Bertz CT molecular complexity index is 195. The van der Waals surface area contributed by atoms with Gasteiger partial charge in [-0.1, -0.05) is 31.6 Å². The van der Waals surface area contributed by atoms with Crippen molar-refractivity contribution in [2.24, 2.45) is 0 Å². The molecule has 0 amide bonds. The largest absolute Gasteiger partial charge is 0.478 e. The minimum Gasteiger partial charge on any atom is -0.478 e. The number of aliphatic carboxylic acids is 1. The van der Waals surface area contributed by atoms with Gasteiger partial charge in [0.2, 0.25) is 0 Å². The summed E-state index contributed by atoms with van der Waals surface area (Å²) < 4.78 is 0. The van der Waals surface area contributed by atoms with Crippen LogP contribution in [0.3, 0.4) is 0 Å². The molecule has 0 heterocycles. The molecule has 0 fully saturated rings. The minimum absolute atomic E-state index is 0. The molecule has 0 aromatic rings. The first-order valence-electron chi connectivity index (χ1n) is 4.27. The molecule has 0 rings (SSSR count). The molecule has 0 unspecified atom stereocenters. The maximum Gasteiger partial charge on any atom is 0.331 e. The van der Waals surface area contributed by atoms with Gasteiger partial charge in [-0.2, -0.15) is 0 Å². The molecule has 0 bridgehead atoms. The van der Waals surface area contributed by atoms with Gasteiger partial charge in [0.15, 0.2) is 0 Å². The Morgan fingerprint density at radius 3 is 2.46 bits per heavy atom. The average Bonchev–Trinajstić information content (AvgIpc) is 2.04. The van der Waals surface area contributed by atoms with Gasteiger partial charge >= 0.3 is 5.97 Å². The second-order valence-electron chi connectivity index (χ2n) is 2.63. The smallest absolute Gasteiger partial charge is 0.331 e. The van der Waals surface area contributed by atoms with Gasteiger partial charge in [-0.05, 0) is 19.8 Å². The van der Waals surface area contributed by atoms with E-state index in [2.05, 4.69) is 6.92 Å². The van der Waals surface area contributed by atoms with E-state index in [1.807, 2.05) is 13.0 Å². The van der Waals surface area contributed by atoms with Gasteiger partial charge in [-0.15, -0.1) is 0 Å². The molecule has 0 aromatic carbocycles. The molecule has 0 saturated carbocycles. The molecule has 3 nitrogen and oxygen atoms in total. The zero-order valence-corrected chi connectivity index (χ0v) is 8.42. The van der Waals surface area contributed by atoms with Crippen molar-refractivity contribution < 1.29 is 9.90 Å². The van der Waals surface area contributed by atoms with Gasteiger partial charge in [-0.3, -0.25) is 0 Å². The van der Waals surface area contributed by atoms with Crippen molar-refractivity contribution in [1.82, 2.24) is 6.15 Å². The molecule has 0 spiro atoms. The number of unbranched alkanes of at least 4 members (excludes halogenated alkanes) is 1. The van der Waals surface area contributed by atoms with E-state index >= 15 is 0 Å². The summed E-state index contributed by atoms with van der Waals surface area (Å²) in [5.74, 6) is -0.804. The summed E-state index contributed by atoms with van der Waals surface area (Å²) in [6, 6.07) is 0. The standard InChI is InChI=1S/C10H16O2.H3N/c1-3-5-7-9(10(11)12)8-6-4-2;/h3,5,7H,4,6,8H2,1-2H3,(H,11,12);1H3/b5-3+,9-7+;. The number of rotatable bonds is 5. The highest BCUT2D eigenvalue weighted by Gasteiger charge is 2.03. The lowest BCUT2D eigenvalue weighted by molar-refractivity contribution is -0.132. The lowest BCUT2D eigenvalue weighted by Gasteiger charge is -1.98. The van der Waals surface area contributed by atoms with Crippen LogP contribution in [0.25, 0.3) is 0 Å². The minimum atomic E-state index is -0.804. The van der Waals surface area contributed by atoms with Gasteiger partial charge in [0.05, 0.1) is 0 Å². The highest BCUT2D eigenvalue weighted by Crippen LogP contribution is 2.07. The molecule has 76 valence electrons. The van der Waals surface area contributed by atoms with Gasteiger partial charge in [-0.25, -0.2) is 4.79 Å². The summed E-state index contributed by atoms with van der Waals surface area (Å²) in [6.07, 6.45) is 7.89. The summed E-state index contributed by atoms with van der Waals surface area (Å²) in [7, 11) is 0. The molecule has 0 atom stereocenters. The zero-order valence-electron chi connectivity index (χ0n) is 8.42. The molecule has 0 radical (unpaired) electrons. The van der Waals surface area contributed by atoms with Crippen molar-refractivity contribution in [3.05, 3.63) is 23.8 Å². The van der Waals surface area contributed by atoms with Crippen LogP contribution in [0.2, 0.25) is 0 Å². The van der Waals surface area contributed by atoms with Gasteiger partial charge < -0.3 is 11.3 Å². The van der Waals surface area contributed by atoms with Gasteiger partial charge in [0.1, 0.15) is 0 Å². The SMILES string of the molecule is C/C=C/C=C(\CCCC)C(=O)O.N. The summed E-state index contributed by atoms with van der Waals surface area (Å²) in [6.45, 7) is 3.92. The lowest BCUT2D eigenvalue weighted by atomic mass is 10.1. The Hall–Kier alpha value is -1.09. The van der Waals surface area contributed by atoms with Crippen LogP contribution >= 0.6 is 0 Å². The van der Waals surface area contributed by atoms with E-state index in [9.17, 15) is 4.79 Å². The van der Waals surface area contributed by atoms with E-state index in [0.717, 1.165) is 12.8 Å². The Morgan fingerprint density at radius 1 is 1.46 bits per heavy atom. The van der Waals surface area contributed by atoms with Crippen LogP contribution in [-0.4, -0.2) is 11.1 Å². The van der Waals surface area contributed by atoms with Crippen LogP contribution in [-0.2, 0) is 4.79 Å². The molecular formula is C10H19NO2. The first-order valence-corrected chi connectivity index (χ1v) is 4.27. The Balaban J connectivity index is 0. The Labute approximate surface area is 79.7 Å². The molecule has 0 aliphatic carbocycles. The fraction of sp³-hybridized carbons (Fsp3) is 0.500. The van der Waals surface area contributed by atoms with E-state index in [0.29, 0.717) is 12.0 Å². The molecule has 4 N–H and O–H groups in total. The topological polar surface area (TPSA) is 72.3 Å². The van der Waals surface area contributed by atoms with Crippen molar-refractivity contribution >= 4 is 5.97 Å². The average molecular weight is 185 g/mol. The summed E-state index contributed by atoms with van der Waals surface area (Å²) in [4.78, 5) is 10.6. The highest BCUT2D eigenvalue weighted by atomic mass is 16.4.